The van der Waals surface area contributed by atoms with Crippen LogP contribution in [0.3, 0.4) is 0 Å². The van der Waals surface area contributed by atoms with Gasteiger partial charge in [0.15, 0.2) is 24.8 Å². The fraction of sp³-hybridized carbons (Fsp3) is 0.500. The van der Waals surface area contributed by atoms with Crippen LogP contribution < -0.4 is 56.6 Å². The molecule has 8 heterocycles. The van der Waals surface area contributed by atoms with Crippen LogP contribution in [0.1, 0.15) is 154 Å². The molecule has 0 atom stereocenters. The maximum Gasteiger partial charge on any atom is 2.00 e. The van der Waals surface area contributed by atoms with Gasteiger partial charge in [0.25, 0.3) is 0 Å². The van der Waals surface area contributed by atoms with E-state index < -0.39 is 27.0 Å². The summed E-state index contributed by atoms with van der Waals surface area (Å²) in [6, 6.07) is 14.0. The van der Waals surface area contributed by atoms with Gasteiger partial charge in [-0.3, -0.25) is 0 Å². The number of alkyl halides is 8. The maximum absolute atomic E-state index is 6.71. The fourth-order valence-corrected chi connectivity index (χ4v) is 11.2. The number of aromatic amines is 2. The third kappa shape index (κ3) is 22.2. The summed E-state index contributed by atoms with van der Waals surface area (Å²) in [4.78, 5) is 6.13. The molecule has 6 aliphatic carbocycles. The number of hydrogen-bond acceptors (Lipinski definition) is 24. The van der Waals surface area contributed by atoms with Gasteiger partial charge in [0.2, 0.25) is 0 Å². The molecule has 2 aromatic heterocycles. The van der Waals surface area contributed by atoms with Crippen molar-refractivity contribution in [1.82, 2.24) is 0 Å². The molecule has 0 radical (unpaired) electrons. The quantitative estimate of drug-likeness (QED) is 0.248. The van der Waals surface area contributed by atoms with Gasteiger partial charge in [-0.2, -0.15) is 0 Å². The van der Waals surface area contributed by atoms with Crippen molar-refractivity contribution in [3.8, 4) is 0 Å². The van der Waals surface area contributed by atoms with Crippen LogP contribution >= 0.6 is 92.8 Å². The van der Waals surface area contributed by atoms with Crippen molar-refractivity contribution in [2.45, 2.75) is 154 Å². The van der Waals surface area contributed by atoms with Crippen molar-refractivity contribution >= 4 is 210 Å². The summed E-state index contributed by atoms with van der Waals surface area (Å²) < 4.78 is 79.2. The summed E-state index contributed by atoms with van der Waals surface area (Å²) >= 11 is 38.1. The standard InChI is InChI=1S/C52H60B4N14O12.4CH2Cl2.2ClH.2Fe/c1-7-19-47-41(13-1)59-71-53(72-60-42-14-2-8-20-48(42)66-78-55(77-65-47,39-29-33-57-34-30-39)79-67-49-21-9-3-15-43(49)61-73-53)37-25-27-38(28-26-37)54-74-62-44-16-4-10-22-50(44)68-80-56(40-31-35-58-36-32-40,81-69-51-23-11-5-17-45(51)63-75-54)82-70-52-24-12-6-18-46(52)64-76-54;4*2-1-3;;;;/h25-36H,1-24H2;4*1H2;2*1H;;/q-4;;;;;;;2*+2/b59-41+,60-42+,61-43+,62-44+,63-45+,64-46+,65-47+,66-48+,67-49+,68-50+,69-51+,70-52+;;;;;;;;. The molecule has 4 bridgehead atoms. The second-order valence-electron chi connectivity index (χ2n) is 22.3. The predicted octanol–water partition coefficient (Wildman–Crippen LogP) is 4.96. The number of fused-ring (bicyclic) bond motifs is 12. The van der Waals surface area contributed by atoms with E-state index in [1.165, 1.54) is 0 Å². The van der Waals surface area contributed by atoms with Crippen LogP contribution in [-0.2, 0) is 91.2 Å². The van der Waals surface area contributed by atoms with E-state index in [-0.39, 0.29) is 80.3 Å². The Morgan fingerprint density at radius 3 is 0.469 bits per heavy atom. The van der Waals surface area contributed by atoms with Crippen LogP contribution in [0.2, 0.25) is 0 Å². The van der Waals surface area contributed by atoms with Gasteiger partial charge in [0, 0.05) is 0 Å². The zero-order chi connectivity index (χ0) is 65.9. The van der Waals surface area contributed by atoms with Crippen LogP contribution in [0.25, 0.3) is 0 Å². The Balaban J connectivity index is 0.00000101. The number of H-pyrrole nitrogens is 2. The molecule has 1 aromatic carbocycles. The molecule has 0 spiro atoms. The van der Waals surface area contributed by atoms with Gasteiger partial charge >= 0.3 is 61.2 Å². The molecule has 15 rings (SSSR count). The SMILES string of the molecule is ClCCl.ClCCl.ClCCl.ClCCl.[Cl-].[Cl-].[Fe+2].[Fe+2].c1cc([B-]23O/N=C4\CCCC\C4=N/O[B-](c4ccc([B-]56O/N=C7\CCCC\C7=N/O[B-](c7cc[nH+]cc7)(O/N=C7\CCCC\C7=N/O5)O/N=C5\CCCC\C5=N/O6)cc4)(O/N=C4\CCCC\C4=N/O2)O/N=C2\CCCC\C2=N/O3)cc[nH+]1. The number of nitrogens with zero attached hydrogens (tertiary/aromatic N) is 12. The van der Waals surface area contributed by atoms with Crippen LogP contribution in [0.15, 0.2) is 135 Å². The molecule has 26 nitrogen and oxygen atoms in total. The average molecular weight is 1640 g/mol. The smallest absolute Gasteiger partial charge is 1.00 e. The van der Waals surface area contributed by atoms with E-state index in [2.05, 4.69) is 9.97 Å². The molecule has 3 aromatic rings. The molecule has 534 valence electrons. The van der Waals surface area contributed by atoms with Crippen LogP contribution in [-0.4, -0.2) is 117 Å². The summed E-state index contributed by atoms with van der Waals surface area (Å²) in [6.07, 6.45) is 22.4. The number of aromatic nitrogens is 2. The number of pyridine rings is 2. The number of oxime groups is 12. The summed E-state index contributed by atoms with van der Waals surface area (Å²) in [6.45, 7) is -12.6. The van der Waals surface area contributed by atoms with Crippen molar-refractivity contribution in [1.29, 1.82) is 0 Å². The van der Waals surface area contributed by atoms with E-state index in [0.717, 1.165) is 77.0 Å². The molecule has 0 unspecified atom stereocenters. The van der Waals surface area contributed by atoms with Crippen molar-refractivity contribution in [2.24, 2.45) is 61.9 Å². The Labute approximate surface area is 641 Å². The zero-order valence-electron chi connectivity index (χ0n) is 52.8. The summed E-state index contributed by atoms with van der Waals surface area (Å²) in [5.41, 5.74) is 7.48. The summed E-state index contributed by atoms with van der Waals surface area (Å²) in [5.74, 6) is 0. The largest absolute Gasteiger partial charge is 2.00 e. The van der Waals surface area contributed by atoms with Gasteiger partial charge in [-0.15, -0.1) is 155 Å². The number of hydrogen-bond donors (Lipinski definition) is 0. The number of nitrogens with one attached hydrogen (secondary N) is 2. The normalized spacial score (nSPS) is 31.0. The minimum Gasteiger partial charge on any atom is -1.00 e. The minimum absolute atomic E-state index is 0. The van der Waals surface area contributed by atoms with Gasteiger partial charge in [0.1, 0.15) is 0 Å². The van der Waals surface area contributed by atoms with Crippen LogP contribution in [0, 0.1) is 0 Å². The van der Waals surface area contributed by atoms with Gasteiger partial charge in [-0.25, -0.2) is 9.97 Å². The monoisotopic (exact) mass is 1640 g/mol. The zero-order valence-corrected chi connectivity index (χ0v) is 62.6. The molecule has 0 amide bonds. The first-order valence-electron chi connectivity index (χ1n) is 31.2. The first-order chi connectivity index (χ1) is 46.1. The molecule has 2 N–H and O–H groups in total. The molecular weight excluding hydrogens is 1570 g/mol. The first-order valence-corrected chi connectivity index (χ1v) is 35.5. The number of benzene rings is 1. The van der Waals surface area contributed by atoms with Crippen molar-refractivity contribution in [2.75, 3.05) is 21.4 Å². The van der Waals surface area contributed by atoms with E-state index in [9.17, 15) is 0 Å². The van der Waals surface area contributed by atoms with E-state index in [4.69, 9.17) is 212 Å². The van der Waals surface area contributed by atoms with E-state index in [1.807, 2.05) is 0 Å². The minimum atomic E-state index is -3.30. The van der Waals surface area contributed by atoms with Crippen LogP contribution in [0.4, 0.5) is 0 Å². The van der Waals surface area contributed by atoms with E-state index >= 15 is 0 Å². The fourth-order valence-electron chi connectivity index (χ4n) is 11.2. The predicted molar refractivity (Wildman–Crippen MR) is 373 cm³/mol. The summed E-state index contributed by atoms with van der Waals surface area (Å²) in [7, 11) is 0. The molecular formula is C56H70B4Cl10Fe2N14O12. The molecule has 42 heteroatoms. The Morgan fingerprint density at radius 1 is 0.235 bits per heavy atom. The van der Waals surface area contributed by atoms with Crippen LogP contribution in [0.5, 0.6) is 0 Å². The molecule has 6 aliphatic heterocycles. The molecule has 0 saturated heterocycles. The Bertz CT molecular complexity index is 2960. The van der Waals surface area contributed by atoms with E-state index in [1.54, 1.807) is 73.3 Å². The second kappa shape index (κ2) is 43.3. The Morgan fingerprint density at radius 2 is 0.347 bits per heavy atom. The van der Waals surface area contributed by atoms with Gasteiger partial charge in [0.05, 0.1) is 89.9 Å². The van der Waals surface area contributed by atoms with Gasteiger partial charge in [-0.05, 0) is 178 Å². The second-order valence-corrected chi connectivity index (χ2v) is 25.5. The molecule has 12 aliphatic rings. The van der Waals surface area contributed by atoms with Gasteiger partial charge in [-0.1, -0.05) is 46.1 Å². The molecule has 6 saturated carbocycles. The van der Waals surface area contributed by atoms with Crippen molar-refractivity contribution in [3.63, 3.8) is 0 Å². The first kappa shape index (κ1) is 84.0. The number of halogens is 10. The summed E-state index contributed by atoms with van der Waals surface area (Å²) in [5, 5.41) is 57.9. The molecule has 6 fully saturated rings. The van der Waals surface area contributed by atoms with Crippen molar-refractivity contribution in [3.05, 3.63) is 73.3 Å². The molecule has 98 heavy (non-hydrogen) atoms. The topological polar surface area (TPSA) is 287 Å². The average Bonchev–Trinajstić information content (AvgIpc) is 0.782. The number of rotatable bonds is 4. The maximum atomic E-state index is 6.71. The van der Waals surface area contributed by atoms with Gasteiger partial charge < -0.3 is 81.9 Å². The van der Waals surface area contributed by atoms with E-state index in [0.29, 0.717) is 167 Å². The Kier molecular flexibility index (Phi) is 37.2. The third-order valence-corrected chi connectivity index (χ3v) is 16.1. The van der Waals surface area contributed by atoms with Crippen molar-refractivity contribution < 1.29 is 126 Å². The third-order valence-electron chi connectivity index (χ3n) is 16.1. The Hall–Kier alpha value is -4.64.